The fourth-order valence-electron chi connectivity index (χ4n) is 3.20. The van der Waals surface area contributed by atoms with Crippen LogP contribution in [0, 0.1) is 0 Å². The van der Waals surface area contributed by atoms with Gasteiger partial charge in [0.2, 0.25) is 0 Å². The maximum absolute atomic E-state index is 12.5. The van der Waals surface area contributed by atoms with Crippen LogP contribution in [0.3, 0.4) is 0 Å². The van der Waals surface area contributed by atoms with E-state index < -0.39 is 9.84 Å². The lowest BCUT2D eigenvalue weighted by molar-refractivity contribution is 0.0951. The highest BCUT2D eigenvalue weighted by Crippen LogP contribution is 2.34. The summed E-state index contributed by atoms with van der Waals surface area (Å²) >= 11 is 7.56. The van der Waals surface area contributed by atoms with Crippen molar-refractivity contribution in [1.29, 1.82) is 0 Å². The van der Waals surface area contributed by atoms with Gasteiger partial charge in [-0.1, -0.05) is 47.6 Å². The number of nitrogens with zero attached hydrogens (tertiary/aromatic N) is 1. The zero-order chi connectivity index (χ0) is 19.7. The molecule has 1 fully saturated rings. The Kier molecular flexibility index (Phi) is 5.35. The van der Waals surface area contributed by atoms with Crippen molar-refractivity contribution in [2.75, 3.05) is 16.8 Å². The minimum absolute atomic E-state index is 0.0189. The SMILES string of the molecule is O=C(NCc1ccccc1Cl)c1cccc(NC2=N[C@H]3CS(=O)(=O)C[C@H]3S2)c1. The predicted octanol–water partition coefficient (Wildman–Crippen LogP) is 2.95. The van der Waals surface area contributed by atoms with Crippen molar-refractivity contribution in [3.05, 3.63) is 64.7 Å². The molecule has 146 valence electrons. The van der Waals surface area contributed by atoms with Gasteiger partial charge in [0.15, 0.2) is 15.0 Å². The van der Waals surface area contributed by atoms with Gasteiger partial charge < -0.3 is 10.6 Å². The lowest BCUT2D eigenvalue weighted by Gasteiger charge is -2.10. The zero-order valence-corrected chi connectivity index (χ0v) is 17.2. The molecule has 2 aromatic rings. The van der Waals surface area contributed by atoms with Crippen LogP contribution < -0.4 is 10.6 Å². The van der Waals surface area contributed by atoms with Crippen molar-refractivity contribution in [2.24, 2.45) is 4.99 Å². The number of anilines is 1. The van der Waals surface area contributed by atoms with Gasteiger partial charge in [-0.2, -0.15) is 0 Å². The highest BCUT2D eigenvalue weighted by Gasteiger charge is 2.42. The number of sulfone groups is 1. The number of amides is 1. The second-order valence-electron chi connectivity index (χ2n) is 6.71. The third-order valence-corrected chi connectivity index (χ3v) is 8.10. The molecule has 2 aromatic carbocycles. The molecule has 2 heterocycles. The topological polar surface area (TPSA) is 87.6 Å². The number of thioether (sulfide) groups is 1. The summed E-state index contributed by atoms with van der Waals surface area (Å²) in [5.41, 5.74) is 2.10. The predicted molar refractivity (Wildman–Crippen MR) is 114 cm³/mol. The largest absolute Gasteiger partial charge is 0.348 e. The van der Waals surface area contributed by atoms with Crippen LogP contribution in [0.1, 0.15) is 15.9 Å². The van der Waals surface area contributed by atoms with Crippen LogP contribution in [0.5, 0.6) is 0 Å². The Hall–Kier alpha value is -2.03. The molecule has 2 aliphatic heterocycles. The van der Waals surface area contributed by atoms with Crippen LogP contribution >= 0.6 is 23.4 Å². The molecular formula is C19H18ClN3O3S2. The number of hydrogen-bond donors (Lipinski definition) is 2. The van der Waals surface area contributed by atoms with Crippen molar-refractivity contribution < 1.29 is 13.2 Å². The summed E-state index contributed by atoms with van der Waals surface area (Å²) in [5, 5.41) is 7.34. The van der Waals surface area contributed by atoms with Crippen molar-refractivity contribution >= 4 is 50.0 Å². The van der Waals surface area contributed by atoms with E-state index in [1.807, 2.05) is 24.3 Å². The van der Waals surface area contributed by atoms with Gasteiger partial charge in [-0.3, -0.25) is 9.79 Å². The number of hydrogen-bond acceptors (Lipinski definition) is 6. The quantitative estimate of drug-likeness (QED) is 0.770. The molecule has 0 aromatic heterocycles. The molecule has 28 heavy (non-hydrogen) atoms. The van der Waals surface area contributed by atoms with Crippen LogP contribution in [-0.4, -0.2) is 42.3 Å². The Morgan fingerprint density at radius 3 is 2.79 bits per heavy atom. The van der Waals surface area contributed by atoms with E-state index in [1.165, 1.54) is 11.8 Å². The molecule has 2 aliphatic rings. The third kappa shape index (κ3) is 4.34. The van der Waals surface area contributed by atoms with Crippen molar-refractivity contribution in [3.63, 3.8) is 0 Å². The molecule has 0 bridgehead atoms. The fourth-order valence-corrected chi connectivity index (χ4v) is 7.08. The molecule has 6 nitrogen and oxygen atoms in total. The number of rotatable bonds is 4. The van der Waals surface area contributed by atoms with E-state index in [4.69, 9.17) is 11.6 Å². The van der Waals surface area contributed by atoms with Crippen LogP contribution in [0.15, 0.2) is 53.5 Å². The standard InChI is InChI=1S/C19H18ClN3O3S2/c20-15-7-2-1-4-13(15)9-21-18(24)12-5-3-6-14(8-12)22-19-23-16-10-28(25,26)11-17(16)27-19/h1-8,16-17H,9-11H2,(H,21,24)(H,22,23)/t16-,17+/m0/s1. The van der Waals surface area contributed by atoms with Gasteiger partial charge in [0.25, 0.3) is 5.91 Å². The number of aliphatic imine (C=N–C) groups is 1. The monoisotopic (exact) mass is 435 g/mol. The van der Waals surface area contributed by atoms with Gasteiger partial charge >= 0.3 is 0 Å². The first-order chi connectivity index (χ1) is 13.4. The Labute approximate surface area is 172 Å². The van der Waals surface area contributed by atoms with Gasteiger partial charge in [-0.05, 0) is 29.8 Å². The van der Waals surface area contributed by atoms with Crippen molar-refractivity contribution in [1.82, 2.24) is 5.32 Å². The molecule has 9 heteroatoms. The number of fused-ring (bicyclic) bond motifs is 1. The number of halogens is 1. The van der Waals surface area contributed by atoms with Gasteiger partial charge in [0.05, 0.1) is 17.5 Å². The molecule has 1 amide bonds. The number of amidine groups is 1. The molecule has 1 saturated heterocycles. The van der Waals surface area contributed by atoms with Gasteiger partial charge in [0.1, 0.15) is 0 Å². The van der Waals surface area contributed by atoms with E-state index in [0.717, 1.165) is 11.3 Å². The van der Waals surface area contributed by atoms with E-state index in [2.05, 4.69) is 15.6 Å². The molecule has 4 rings (SSSR count). The lowest BCUT2D eigenvalue weighted by Crippen LogP contribution is -2.23. The Morgan fingerprint density at radius 2 is 2.00 bits per heavy atom. The van der Waals surface area contributed by atoms with E-state index in [9.17, 15) is 13.2 Å². The second-order valence-corrected chi connectivity index (χ2v) is 10.5. The van der Waals surface area contributed by atoms with Gasteiger partial charge in [0, 0.05) is 28.1 Å². The smallest absolute Gasteiger partial charge is 0.251 e. The second kappa shape index (κ2) is 7.77. The minimum atomic E-state index is -2.97. The van der Waals surface area contributed by atoms with E-state index in [1.54, 1.807) is 24.3 Å². The number of benzene rings is 2. The average molecular weight is 436 g/mol. The van der Waals surface area contributed by atoms with Gasteiger partial charge in [-0.25, -0.2) is 8.42 Å². The third-order valence-electron chi connectivity index (χ3n) is 4.59. The van der Waals surface area contributed by atoms with Crippen molar-refractivity contribution in [2.45, 2.75) is 17.8 Å². The molecule has 0 radical (unpaired) electrons. The summed E-state index contributed by atoms with van der Waals surface area (Å²) in [6.45, 7) is 0.344. The minimum Gasteiger partial charge on any atom is -0.348 e. The zero-order valence-electron chi connectivity index (χ0n) is 14.8. The van der Waals surface area contributed by atoms with Gasteiger partial charge in [-0.15, -0.1) is 0 Å². The lowest BCUT2D eigenvalue weighted by atomic mass is 10.1. The summed E-state index contributed by atoms with van der Waals surface area (Å²) in [6, 6.07) is 14.3. The maximum atomic E-state index is 12.5. The Bertz CT molecular complexity index is 1060. The summed E-state index contributed by atoms with van der Waals surface area (Å²) in [5.74, 6) is 0.0783. The maximum Gasteiger partial charge on any atom is 0.251 e. The Balaban J connectivity index is 1.39. The summed E-state index contributed by atoms with van der Waals surface area (Å²) in [4.78, 5) is 16.9. The fraction of sp³-hybridized carbons (Fsp3) is 0.263. The highest BCUT2D eigenvalue weighted by atomic mass is 35.5. The summed E-state index contributed by atoms with van der Waals surface area (Å²) in [6.07, 6.45) is 0. The molecule has 0 spiro atoms. The first-order valence-corrected chi connectivity index (χ1v) is 11.8. The molecule has 2 N–H and O–H groups in total. The van der Waals surface area contributed by atoms with Crippen LogP contribution in [0.25, 0.3) is 0 Å². The first kappa shape index (κ1) is 19.3. The number of nitrogens with one attached hydrogen (secondary N) is 2. The summed E-state index contributed by atoms with van der Waals surface area (Å²) < 4.78 is 23.3. The Morgan fingerprint density at radius 1 is 1.18 bits per heavy atom. The highest BCUT2D eigenvalue weighted by molar-refractivity contribution is 8.15. The molecule has 0 saturated carbocycles. The molecule has 2 atom stereocenters. The molecule has 0 unspecified atom stereocenters. The van der Waals surface area contributed by atoms with Crippen LogP contribution in [-0.2, 0) is 16.4 Å². The first-order valence-electron chi connectivity index (χ1n) is 8.73. The normalized spacial score (nSPS) is 22.4. The number of carbonyl (C=O) groups is 1. The summed E-state index contributed by atoms with van der Waals surface area (Å²) in [7, 11) is -2.97. The number of carbonyl (C=O) groups excluding carboxylic acids is 1. The van der Waals surface area contributed by atoms with E-state index >= 15 is 0 Å². The van der Waals surface area contributed by atoms with E-state index in [0.29, 0.717) is 22.3 Å². The molecule has 0 aliphatic carbocycles. The van der Waals surface area contributed by atoms with Crippen LogP contribution in [0.4, 0.5) is 5.69 Å². The van der Waals surface area contributed by atoms with Crippen LogP contribution in [0.2, 0.25) is 5.02 Å². The average Bonchev–Trinajstić information content (AvgIpc) is 3.13. The molecular weight excluding hydrogens is 418 g/mol. The van der Waals surface area contributed by atoms with Crippen molar-refractivity contribution in [3.8, 4) is 0 Å². The van der Waals surface area contributed by atoms with E-state index in [-0.39, 0.29) is 28.7 Å².